The lowest BCUT2D eigenvalue weighted by Gasteiger charge is -2.35. The van der Waals surface area contributed by atoms with Gasteiger partial charge in [0.1, 0.15) is 10.8 Å². The van der Waals surface area contributed by atoms with Crippen LogP contribution in [0.15, 0.2) is 90.7 Å². The minimum Gasteiger partial charge on any atom is -0.468 e. The van der Waals surface area contributed by atoms with Gasteiger partial charge in [-0.25, -0.2) is 0 Å². The number of hydrogen-bond donors (Lipinski definition) is 0. The van der Waals surface area contributed by atoms with Crippen LogP contribution in [0.1, 0.15) is 35.1 Å². The van der Waals surface area contributed by atoms with Crippen LogP contribution in [-0.2, 0) is 29.9 Å². The molecule has 0 bridgehead atoms. The van der Waals surface area contributed by atoms with Crippen molar-refractivity contribution in [3.05, 3.63) is 113 Å². The Morgan fingerprint density at radius 3 is 1.00 bits per heavy atom. The predicted molar refractivity (Wildman–Crippen MR) is 169 cm³/mol. The van der Waals surface area contributed by atoms with E-state index in [0.717, 1.165) is 62.4 Å². The van der Waals surface area contributed by atoms with Gasteiger partial charge in [0.25, 0.3) is 0 Å². The number of rotatable bonds is 5. The Morgan fingerprint density at radius 2 is 0.775 bits per heavy atom. The van der Waals surface area contributed by atoms with Gasteiger partial charge in [0.2, 0.25) is 0 Å². The summed E-state index contributed by atoms with van der Waals surface area (Å²) in [7, 11) is 2.84. The van der Waals surface area contributed by atoms with Crippen LogP contribution in [0.4, 0.5) is 0 Å². The number of methoxy groups -OCH3 is 2. The lowest BCUT2D eigenvalue weighted by Crippen LogP contribution is -2.42. The lowest BCUT2D eigenvalue weighted by molar-refractivity contribution is -0.149. The van der Waals surface area contributed by atoms with E-state index in [1.165, 1.54) is 14.2 Å². The third kappa shape index (κ3) is 3.93. The summed E-state index contributed by atoms with van der Waals surface area (Å²) in [5.41, 5.74) is 5.01. The van der Waals surface area contributed by atoms with Crippen LogP contribution in [0, 0.1) is 0 Å². The number of carbonyl (C=O) groups excluding carboxylic acids is 2. The first-order valence-corrected chi connectivity index (χ1v) is 15.7. The Labute approximate surface area is 266 Å². The van der Waals surface area contributed by atoms with Crippen molar-refractivity contribution in [1.29, 1.82) is 0 Å². The topological polar surface area (TPSA) is 52.6 Å². The fourth-order valence-electron chi connectivity index (χ4n) is 6.61. The zero-order valence-electron chi connectivity index (χ0n) is 21.5. The van der Waals surface area contributed by atoms with E-state index >= 15 is 0 Å². The highest BCUT2D eigenvalue weighted by Crippen LogP contribution is 2.58. The average molecular weight is 790 g/mol. The maximum absolute atomic E-state index is 14.0. The molecular weight excluding hydrogens is 768 g/mol. The van der Waals surface area contributed by atoms with Crippen LogP contribution in [0.5, 0.6) is 0 Å². The number of hydrogen-bond acceptors (Lipinski definition) is 4. The molecule has 0 fully saturated rings. The summed E-state index contributed by atoms with van der Waals surface area (Å²) in [5, 5.41) is 0. The molecule has 0 N–H and O–H groups in total. The molecule has 0 spiro atoms. The molecule has 8 heteroatoms. The van der Waals surface area contributed by atoms with Crippen LogP contribution in [0.2, 0.25) is 0 Å². The molecule has 4 nitrogen and oxygen atoms in total. The van der Waals surface area contributed by atoms with Crippen molar-refractivity contribution in [3.63, 3.8) is 0 Å². The van der Waals surface area contributed by atoms with Crippen LogP contribution in [0.3, 0.4) is 0 Å². The Bertz CT molecular complexity index is 1500. The van der Waals surface area contributed by atoms with Gasteiger partial charge in [-0.3, -0.25) is 9.59 Å². The molecule has 0 aliphatic heterocycles. The van der Waals surface area contributed by atoms with E-state index < -0.39 is 10.8 Å². The Hall–Kier alpha value is -2.26. The van der Waals surface area contributed by atoms with Gasteiger partial charge >= 0.3 is 11.9 Å². The third-order valence-electron chi connectivity index (χ3n) is 8.29. The van der Waals surface area contributed by atoms with Crippen LogP contribution < -0.4 is 0 Å². The van der Waals surface area contributed by atoms with Gasteiger partial charge in [0.15, 0.2) is 0 Å². The summed E-state index contributed by atoms with van der Waals surface area (Å²) in [5.74, 6) is -0.740. The highest BCUT2D eigenvalue weighted by atomic mass is 79.9. The lowest BCUT2D eigenvalue weighted by atomic mass is 9.67. The minimum atomic E-state index is -1.14. The normalized spacial score (nSPS) is 15.1. The molecule has 2 aliphatic carbocycles. The second-order valence-electron chi connectivity index (χ2n) is 10.1. The molecule has 0 unspecified atom stereocenters. The standard InChI is InChI=1S/C32H22Br4O4/c1-39-29(37)31(25-13-17(33)3-7-21(25)22-8-4-18(34)14-26(22)31)11-12-32(30(38)40-2)27-15-19(35)5-9-23(27)24-10-6-20(36)16-28(24)32/h3-10,13-16H,11-12H2,1-2H3. The summed E-state index contributed by atoms with van der Waals surface area (Å²) in [6.07, 6.45) is 0.610. The van der Waals surface area contributed by atoms with Crippen molar-refractivity contribution in [3.8, 4) is 22.3 Å². The summed E-state index contributed by atoms with van der Waals surface area (Å²) in [6.45, 7) is 0. The van der Waals surface area contributed by atoms with Gasteiger partial charge in [0.05, 0.1) is 14.2 Å². The first kappa shape index (κ1) is 27.9. The minimum absolute atomic E-state index is 0.305. The number of fused-ring (bicyclic) bond motifs is 6. The quantitative estimate of drug-likeness (QED) is 0.190. The molecular formula is C32H22Br4O4. The predicted octanol–water partition coefficient (Wildman–Crippen LogP) is 9.10. The van der Waals surface area contributed by atoms with Crippen LogP contribution in [0.25, 0.3) is 22.3 Å². The Morgan fingerprint density at radius 1 is 0.525 bits per heavy atom. The van der Waals surface area contributed by atoms with Crippen molar-refractivity contribution >= 4 is 75.7 Å². The summed E-state index contributed by atoms with van der Waals surface area (Å²) < 4.78 is 14.5. The Balaban J connectivity index is 1.62. The maximum Gasteiger partial charge on any atom is 0.320 e. The van der Waals surface area contributed by atoms with Crippen molar-refractivity contribution in [2.75, 3.05) is 14.2 Å². The first-order valence-electron chi connectivity index (χ1n) is 12.5. The zero-order valence-corrected chi connectivity index (χ0v) is 27.8. The van der Waals surface area contributed by atoms with Gasteiger partial charge in [-0.05, 0) is 106 Å². The number of ether oxygens (including phenoxy) is 2. The molecule has 0 aromatic heterocycles. The number of carbonyl (C=O) groups is 2. The second kappa shape index (κ2) is 10.2. The van der Waals surface area contributed by atoms with Gasteiger partial charge < -0.3 is 9.47 Å². The third-order valence-corrected chi connectivity index (χ3v) is 10.3. The number of halogens is 4. The van der Waals surface area contributed by atoms with Gasteiger partial charge in [-0.15, -0.1) is 0 Å². The molecule has 0 amide bonds. The average Bonchev–Trinajstić information content (AvgIpc) is 3.37. The van der Waals surface area contributed by atoms with Gasteiger partial charge in [0, 0.05) is 17.9 Å². The van der Waals surface area contributed by atoms with E-state index in [-0.39, 0.29) is 11.9 Å². The Kier molecular flexibility index (Phi) is 7.13. The monoisotopic (exact) mass is 786 g/mol. The zero-order chi connectivity index (χ0) is 28.4. The highest BCUT2D eigenvalue weighted by Gasteiger charge is 2.56. The van der Waals surface area contributed by atoms with Crippen molar-refractivity contribution in [1.82, 2.24) is 0 Å². The van der Waals surface area contributed by atoms with Crippen LogP contribution in [-0.4, -0.2) is 26.2 Å². The molecule has 4 aromatic carbocycles. The largest absolute Gasteiger partial charge is 0.468 e. The summed E-state index contributed by atoms with van der Waals surface area (Å²) in [4.78, 5) is 28.1. The van der Waals surface area contributed by atoms with Crippen molar-refractivity contribution in [2.45, 2.75) is 23.7 Å². The smallest absolute Gasteiger partial charge is 0.320 e. The number of benzene rings is 4. The molecule has 40 heavy (non-hydrogen) atoms. The van der Waals surface area contributed by atoms with Crippen molar-refractivity contribution < 1.29 is 19.1 Å². The summed E-state index contributed by atoms with van der Waals surface area (Å²) in [6, 6.07) is 24.0. The molecule has 0 radical (unpaired) electrons. The van der Waals surface area contributed by atoms with E-state index in [4.69, 9.17) is 9.47 Å². The molecule has 0 heterocycles. The van der Waals surface area contributed by atoms with E-state index in [2.05, 4.69) is 63.7 Å². The molecule has 0 saturated carbocycles. The molecule has 2 aliphatic rings. The van der Waals surface area contributed by atoms with Crippen LogP contribution >= 0.6 is 63.7 Å². The van der Waals surface area contributed by atoms with Crippen molar-refractivity contribution in [2.24, 2.45) is 0 Å². The fraction of sp³-hybridized carbons (Fsp3) is 0.188. The van der Waals surface area contributed by atoms with E-state index in [0.29, 0.717) is 12.8 Å². The van der Waals surface area contributed by atoms with E-state index in [1.54, 1.807) is 0 Å². The van der Waals surface area contributed by atoms with E-state index in [9.17, 15) is 9.59 Å². The fourth-order valence-corrected chi connectivity index (χ4v) is 8.06. The maximum atomic E-state index is 14.0. The second-order valence-corrected chi connectivity index (χ2v) is 13.7. The molecule has 0 saturated heterocycles. The van der Waals surface area contributed by atoms with Gasteiger partial charge in [-0.2, -0.15) is 0 Å². The SMILES string of the molecule is COC(=O)C1(CCC2(C(=O)OC)c3cc(Br)ccc3-c3ccc(Br)cc32)c2cc(Br)ccc2-c2ccc(Br)cc21. The first-order chi connectivity index (χ1) is 19.2. The molecule has 202 valence electrons. The molecule has 4 aromatic rings. The molecule has 0 atom stereocenters. The van der Waals surface area contributed by atoms with Gasteiger partial charge in [-0.1, -0.05) is 88.0 Å². The summed E-state index contributed by atoms with van der Waals surface area (Å²) >= 11 is 14.5. The van der Waals surface area contributed by atoms with E-state index in [1.807, 2.05) is 72.8 Å². The highest BCUT2D eigenvalue weighted by molar-refractivity contribution is 9.11. The number of esters is 2. The molecule has 6 rings (SSSR count).